The summed E-state index contributed by atoms with van der Waals surface area (Å²) in [6.07, 6.45) is 0. The Morgan fingerprint density at radius 2 is 1.84 bits per heavy atom. The van der Waals surface area contributed by atoms with E-state index in [1.165, 1.54) is 0 Å². The number of carbonyl (C=O) groups excluding carboxylic acids is 1. The second-order valence-electron chi connectivity index (χ2n) is 7.14. The van der Waals surface area contributed by atoms with Gasteiger partial charge < -0.3 is 14.6 Å². The molecule has 31 heavy (non-hydrogen) atoms. The van der Waals surface area contributed by atoms with Crippen molar-refractivity contribution in [2.24, 2.45) is 7.05 Å². The second-order valence-corrected chi connectivity index (χ2v) is 7.55. The number of fused-ring (bicyclic) bond motifs is 1. The number of halogens is 1. The van der Waals surface area contributed by atoms with Gasteiger partial charge in [-0.1, -0.05) is 54.1 Å². The third kappa shape index (κ3) is 4.55. The Morgan fingerprint density at radius 3 is 2.55 bits per heavy atom. The van der Waals surface area contributed by atoms with Crippen molar-refractivity contribution in [1.29, 1.82) is 0 Å². The fourth-order valence-electron chi connectivity index (χ4n) is 3.51. The first kappa shape index (κ1) is 20.9. The number of benzene rings is 3. The number of aryl methyl sites for hydroxylation is 1. The first-order valence-corrected chi connectivity index (χ1v) is 10.3. The number of amides is 1. The van der Waals surface area contributed by atoms with Crippen LogP contribution in [0, 0.1) is 0 Å². The van der Waals surface area contributed by atoms with Gasteiger partial charge >= 0.3 is 0 Å². The maximum absolute atomic E-state index is 13.2. The number of ether oxygens (including phenoxy) is 1. The number of rotatable bonds is 7. The van der Waals surface area contributed by atoms with E-state index in [1.54, 1.807) is 25.3 Å². The van der Waals surface area contributed by atoms with Crippen LogP contribution in [-0.2, 0) is 18.4 Å². The normalized spacial score (nSPS) is 12.0. The topological polar surface area (TPSA) is 68.2 Å². The van der Waals surface area contributed by atoms with Gasteiger partial charge in [-0.05, 0) is 35.9 Å². The van der Waals surface area contributed by atoms with Gasteiger partial charge in [0.1, 0.15) is 17.6 Å². The highest BCUT2D eigenvalue weighted by Gasteiger charge is 2.21. The minimum Gasteiger partial charge on any atom is -0.495 e. The number of imidazole rings is 1. The number of para-hydroxylation sites is 2. The van der Waals surface area contributed by atoms with Gasteiger partial charge in [-0.15, -0.1) is 0 Å². The van der Waals surface area contributed by atoms with E-state index in [0.717, 1.165) is 22.4 Å². The summed E-state index contributed by atoms with van der Waals surface area (Å²) in [6, 6.07) is 22.1. The van der Waals surface area contributed by atoms with Crippen LogP contribution in [0.15, 0.2) is 72.8 Å². The molecule has 1 atom stereocenters. The summed E-state index contributed by atoms with van der Waals surface area (Å²) in [6.45, 7) is 0.432. The maximum atomic E-state index is 13.2. The zero-order chi connectivity index (χ0) is 21.8. The number of methoxy groups -OCH3 is 1. The predicted molar refractivity (Wildman–Crippen MR) is 123 cm³/mol. The van der Waals surface area contributed by atoms with Crippen molar-refractivity contribution in [3.8, 4) is 5.75 Å². The summed E-state index contributed by atoms with van der Waals surface area (Å²) in [5.41, 5.74) is 3.43. The SMILES string of the molecule is COc1ccc(NC(=O)[C@@H](NCc2nc3ccccc3n2C)c2ccccc2)cc1Cl. The molecule has 7 heteroatoms. The zero-order valence-electron chi connectivity index (χ0n) is 17.3. The number of nitrogens with one attached hydrogen (secondary N) is 2. The van der Waals surface area contributed by atoms with E-state index >= 15 is 0 Å². The van der Waals surface area contributed by atoms with Crippen LogP contribution in [-0.4, -0.2) is 22.6 Å². The Labute approximate surface area is 185 Å². The van der Waals surface area contributed by atoms with Crippen LogP contribution in [0.3, 0.4) is 0 Å². The monoisotopic (exact) mass is 434 g/mol. The smallest absolute Gasteiger partial charge is 0.246 e. The highest BCUT2D eigenvalue weighted by atomic mass is 35.5. The minimum atomic E-state index is -0.568. The number of hydrogen-bond acceptors (Lipinski definition) is 4. The van der Waals surface area contributed by atoms with Crippen LogP contribution in [0.25, 0.3) is 11.0 Å². The molecule has 0 unspecified atom stereocenters. The summed E-state index contributed by atoms with van der Waals surface area (Å²) < 4.78 is 7.21. The van der Waals surface area contributed by atoms with Crippen LogP contribution < -0.4 is 15.4 Å². The lowest BCUT2D eigenvalue weighted by Gasteiger charge is -2.19. The third-order valence-corrected chi connectivity index (χ3v) is 5.45. The Bertz CT molecular complexity index is 1210. The van der Waals surface area contributed by atoms with Crippen LogP contribution >= 0.6 is 11.6 Å². The Morgan fingerprint density at radius 1 is 1.10 bits per heavy atom. The fraction of sp³-hybridized carbons (Fsp3) is 0.167. The predicted octanol–water partition coefficient (Wildman–Crippen LogP) is 4.70. The first-order valence-electron chi connectivity index (χ1n) is 9.90. The number of hydrogen-bond donors (Lipinski definition) is 2. The van der Waals surface area contributed by atoms with Gasteiger partial charge in [0.05, 0.1) is 29.7 Å². The Balaban J connectivity index is 1.56. The lowest BCUT2D eigenvalue weighted by Crippen LogP contribution is -2.33. The molecule has 0 aliphatic heterocycles. The molecule has 4 aromatic rings. The van der Waals surface area contributed by atoms with E-state index in [1.807, 2.05) is 66.2 Å². The van der Waals surface area contributed by atoms with Crippen LogP contribution in [0.1, 0.15) is 17.4 Å². The van der Waals surface area contributed by atoms with Gasteiger partial charge in [0.2, 0.25) is 5.91 Å². The molecule has 1 heterocycles. The Hall–Kier alpha value is -3.35. The molecule has 0 spiro atoms. The van der Waals surface area contributed by atoms with E-state index in [-0.39, 0.29) is 5.91 Å². The molecule has 4 rings (SSSR count). The molecule has 0 aliphatic carbocycles. The molecule has 6 nitrogen and oxygen atoms in total. The standard InChI is InChI=1S/C24H23ClN4O2/c1-29-20-11-7-6-10-19(20)28-22(29)15-26-23(16-8-4-3-5-9-16)24(30)27-17-12-13-21(31-2)18(25)14-17/h3-14,23,26H,15H2,1-2H3,(H,27,30)/t23-/m0/s1. The molecular weight excluding hydrogens is 412 g/mol. The van der Waals surface area contributed by atoms with E-state index in [0.29, 0.717) is 23.0 Å². The van der Waals surface area contributed by atoms with Crippen molar-refractivity contribution < 1.29 is 9.53 Å². The van der Waals surface area contributed by atoms with Crippen molar-refractivity contribution in [2.75, 3.05) is 12.4 Å². The molecule has 0 saturated carbocycles. The van der Waals surface area contributed by atoms with Crippen molar-refractivity contribution >= 4 is 34.2 Å². The summed E-state index contributed by atoms with van der Waals surface area (Å²) in [5.74, 6) is 1.22. The lowest BCUT2D eigenvalue weighted by molar-refractivity contribution is -0.118. The molecule has 1 amide bonds. The van der Waals surface area contributed by atoms with Gasteiger partial charge in [-0.25, -0.2) is 4.98 Å². The molecule has 0 saturated heterocycles. The van der Waals surface area contributed by atoms with Crippen LogP contribution in [0.5, 0.6) is 5.75 Å². The van der Waals surface area contributed by atoms with Crippen molar-refractivity contribution in [2.45, 2.75) is 12.6 Å². The molecule has 2 N–H and O–H groups in total. The molecule has 0 fully saturated rings. The lowest BCUT2D eigenvalue weighted by atomic mass is 10.1. The number of aromatic nitrogens is 2. The van der Waals surface area contributed by atoms with Gasteiger partial charge in [-0.3, -0.25) is 10.1 Å². The highest BCUT2D eigenvalue weighted by Crippen LogP contribution is 2.28. The number of anilines is 1. The molecule has 158 valence electrons. The average Bonchev–Trinajstić information content (AvgIpc) is 3.10. The largest absolute Gasteiger partial charge is 0.495 e. The molecule has 0 radical (unpaired) electrons. The summed E-state index contributed by atoms with van der Waals surface area (Å²) in [4.78, 5) is 17.9. The van der Waals surface area contributed by atoms with E-state index < -0.39 is 6.04 Å². The Kier molecular flexibility index (Phi) is 6.21. The highest BCUT2D eigenvalue weighted by molar-refractivity contribution is 6.32. The van der Waals surface area contributed by atoms with Crippen LogP contribution in [0.4, 0.5) is 5.69 Å². The van der Waals surface area contributed by atoms with Gasteiger partial charge in [0, 0.05) is 12.7 Å². The molecular formula is C24H23ClN4O2. The van der Waals surface area contributed by atoms with E-state index in [9.17, 15) is 4.79 Å². The van der Waals surface area contributed by atoms with Gasteiger partial charge in [0.25, 0.3) is 0 Å². The van der Waals surface area contributed by atoms with Crippen LogP contribution in [0.2, 0.25) is 5.02 Å². The molecule has 3 aromatic carbocycles. The molecule has 1 aromatic heterocycles. The number of nitrogens with zero attached hydrogens (tertiary/aromatic N) is 2. The summed E-state index contributed by atoms with van der Waals surface area (Å²) in [7, 11) is 3.53. The van der Waals surface area contributed by atoms with E-state index in [2.05, 4.69) is 15.6 Å². The van der Waals surface area contributed by atoms with Gasteiger partial charge in [-0.2, -0.15) is 0 Å². The molecule has 0 bridgehead atoms. The zero-order valence-corrected chi connectivity index (χ0v) is 18.1. The maximum Gasteiger partial charge on any atom is 0.246 e. The average molecular weight is 435 g/mol. The first-order chi connectivity index (χ1) is 15.1. The summed E-state index contributed by atoms with van der Waals surface area (Å²) in [5, 5.41) is 6.73. The van der Waals surface area contributed by atoms with Crippen molar-refractivity contribution in [3.63, 3.8) is 0 Å². The van der Waals surface area contributed by atoms with Gasteiger partial charge in [0.15, 0.2) is 0 Å². The summed E-state index contributed by atoms with van der Waals surface area (Å²) >= 11 is 6.20. The molecule has 0 aliphatic rings. The minimum absolute atomic E-state index is 0.189. The number of carbonyl (C=O) groups is 1. The third-order valence-electron chi connectivity index (χ3n) is 5.16. The second kappa shape index (κ2) is 9.20. The van der Waals surface area contributed by atoms with E-state index in [4.69, 9.17) is 16.3 Å². The quantitative estimate of drug-likeness (QED) is 0.442. The van der Waals surface area contributed by atoms with Crippen molar-refractivity contribution in [1.82, 2.24) is 14.9 Å². The van der Waals surface area contributed by atoms with Crippen molar-refractivity contribution in [3.05, 3.63) is 89.2 Å². The fourth-order valence-corrected chi connectivity index (χ4v) is 3.77.